The van der Waals surface area contributed by atoms with Crippen molar-refractivity contribution < 1.29 is 19.4 Å². The maximum Gasteiger partial charge on any atom is 0.413 e. The highest BCUT2D eigenvalue weighted by Gasteiger charge is 2.33. The van der Waals surface area contributed by atoms with E-state index in [1.165, 1.54) is 11.1 Å². The zero-order valence-electron chi connectivity index (χ0n) is 28.0. The molecule has 0 aliphatic carbocycles. The molecule has 48 heavy (non-hydrogen) atoms. The Morgan fingerprint density at radius 1 is 1.00 bits per heavy atom. The van der Waals surface area contributed by atoms with Crippen LogP contribution in [0, 0.1) is 20.8 Å². The first-order chi connectivity index (χ1) is 23.0. The number of ether oxygens (including phenoxy) is 2. The van der Waals surface area contributed by atoms with Gasteiger partial charge in [-0.05, 0) is 92.9 Å². The Morgan fingerprint density at radius 2 is 1.73 bits per heavy atom. The number of rotatable bonds is 12. The van der Waals surface area contributed by atoms with Crippen molar-refractivity contribution in [1.29, 1.82) is 0 Å². The number of amides is 1. The predicted octanol–water partition coefficient (Wildman–Crippen LogP) is 7.75. The average Bonchev–Trinajstić information content (AvgIpc) is 3.04. The van der Waals surface area contributed by atoms with E-state index in [2.05, 4.69) is 32.1 Å². The van der Waals surface area contributed by atoms with Gasteiger partial charge in [0.25, 0.3) is 0 Å². The molecule has 0 bridgehead atoms. The molecule has 3 aromatic carbocycles. The fourth-order valence-corrected chi connectivity index (χ4v) is 6.59. The lowest BCUT2D eigenvalue weighted by atomic mass is 9.89. The molecule has 5 rings (SSSR count). The summed E-state index contributed by atoms with van der Waals surface area (Å²) in [7, 11) is 3.75. The van der Waals surface area contributed by atoms with Gasteiger partial charge in [0.1, 0.15) is 5.82 Å². The first-order valence-electron chi connectivity index (χ1n) is 15.9. The molecule has 10 nitrogen and oxygen atoms in total. The largest absolute Gasteiger partial charge is 0.493 e. The summed E-state index contributed by atoms with van der Waals surface area (Å²) in [6.45, 7) is 11.8. The van der Waals surface area contributed by atoms with Crippen molar-refractivity contribution in [3.8, 4) is 11.5 Å². The van der Waals surface area contributed by atoms with E-state index in [1.54, 1.807) is 37.4 Å². The molecule has 0 saturated carbocycles. The monoisotopic (exact) mass is 692 g/mol. The molecule has 12 heteroatoms. The van der Waals surface area contributed by atoms with E-state index in [0.29, 0.717) is 39.4 Å². The smallest absolute Gasteiger partial charge is 0.413 e. The van der Waals surface area contributed by atoms with Crippen LogP contribution in [0.2, 0.25) is 10.0 Å². The molecular formula is C36H42Cl2N6O4. The summed E-state index contributed by atoms with van der Waals surface area (Å²) in [5, 5.41) is 14.7. The second-order valence-electron chi connectivity index (χ2n) is 12.1. The molecule has 0 radical (unpaired) electrons. The van der Waals surface area contributed by atoms with Crippen LogP contribution in [0.15, 0.2) is 60.8 Å². The van der Waals surface area contributed by atoms with Crippen LogP contribution in [-0.2, 0) is 0 Å². The van der Waals surface area contributed by atoms with Gasteiger partial charge in [-0.3, -0.25) is 0 Å². The molecule has 1 amide bonds. The molecule has 1 fully saturated rings. The van der Waals surface area contributed by atoms with Crippen molar-refractivity contribution in [3.05, 3.63) is 98.7 Å². The maximum atomic E-state index is 13.1. The summed E-state index contributed by atoms with van der Waals surface area (Å²) in [4.78, 5) is 28.1. The molecular weight excluding hydrogens is 651 g/mol. The number of halogens is 2. The highest BCUT2D eigenvalue weighted by molar-refractivity contribution is 6.33. The van der Waals surface area contributed by atoms with Crippen LogP contribution in [0.1, 0.15) is 40.3 Å². The van der Waals surface area contributed by atoms with Crippen molar-refractivity contribution >= 4 is 46.7 Å². The summed E-state index contributed by atoms with van der Waals surface area (Å²) >= 11 is 13.1. The lowest BCUT2D eigenvalue weighted by Gasteiger charge is -2.32. The lowest BCUT2D eigenvalue weighted by Crippen LogP contribution is -2.44. The molecule has 1 unspecified atom stereocenters. The fraction of sp³-hybridized carbons (Fsp3) is 0.361. The summed E-state index contributed by atoms with van der Waals surface area (Å²) in [5.41, 5.74) is 4.89. The van der Waals surface area contributed by atoms with E-state index in [0.717, 1.165) is 61.4 Å². The van der Waals surface area contributed by atoms with Gasteiger partial charge in [0.2, 0.25) is 5.95 Å². The summed E-state index contributed by atoms with van der Waals surface area (Å²) < 4.78 is 11.7. The van der Waals surface area contributed by atoms with Gasteiger partial charge < -0.3 is 29.7 Å². The minimum Gasteiger partial charge on any atom is -0.493 e. The van der Waals surface area contributed by atoms with Crippen molar-refractivity contribution in [2.45, 2.75) is 33.2 Å². The average molecular weight is 694 g/mol. The van der Waals surface area contributed by atoms with Gasteiger partial charge in [-0.15, -0.1) is 0 Å². The number of anilines is 3. The Bertz CT molecular complexity index is 1720. The molecule has 4 aromatic rings. The van der Waals surface area contributed by atoms with Gasteiger partial charge in [0, 0.05) is 60.7 Å². The quantitative estimate of drug-likeness (QED) is 0.144. The molecule has 2 heterocycles. The van der Waals surface area contributed by atoms with E-state index in [4.69, 9.17) is 32.7 Å². The maximum absolute atomic E-state index is 13.1. The van der Waals surface area contributed by atoms with Crippen LogP contribution in [0.3, 0.4) is 0 Å². The third-order valence-corrected chi connectivity index (χ3v) is 9.09. The second-order valence-corrected chi connectivity index (χ2v) is 13.0. The van der Waals surface area contributed by atoms with Crippen LogP contribution in [0.4, 0.5) is 22.2 Å². The van der Waals surface area contributed by atoms with Gasteiger partial charge in [-0.2, -0.15) is 4.98 Å². The molecule has 1 aliphatic rings. The number of piperazine rings is 1. The normalized spacial score (nSPS) is 14.4. The first kappa shape index (κ1) is 35.2. The zero-order valence-corrected chi connectivity index (χ0v) is 29.5. The third kappa shape index (κ3) is 8.49. The Balaban J connectivity index is 1.39. The van der Waals surface area contributed by atoms with Gasteiger partial charge >= 0.3 is 6.09 Å². The number of hydrogen-bond acceptors (Lipinski definition) is 8. The van der Waals surface area contributed by atoms with E-state index in [1.807, 2.05) is 45.0 Å². The Kier molecular flexibility index (Phi) is 11.6. The van der Waals surface area contributed by atoms with Crippen LogP contribution in [0.5, 0.6) is 11.5 Å². The number of aromatic nitrogens is 2. The Labute approximate surface area is 292 Å². The number of carboxylic acid groups (broad SMARTS) is 1. The van der Waals surface area contributed by atoms with Crippen molar-refractivity contribution in [3.63, 3.8) is 0 Å². The SMILES string of the molecule is COc1cc(Nc2nccc(N(C(=O)O)C(c3cc(Cl)ccc3Cl)c3c(C)cc(C)cc3C)n2)ccc1OCCCN1CCN(C)CC1. The van der Waals surface area contributed by atoms with E-state index in [9.17, 15) is 9.90 Å². The Hall–Kier alpha value is -4.09. The lowest BCUT2D eigenvalue weighted by molar-refractivity contribution is 0.145. The predicted molar refractivity (Wildman–Crippen MR) is 192 cm³/mol. The zero-order chi connectivity index (χ0) is 34.4. The number of nitrogens with zero attached hydrogens (tertiary/aromatic N) is 5. The first-order valence-corrected chi connectivity index (χ1v) is 16.7. The number of methoxy groups -OCH3 is 1. The van der Waals surface area contributed by atoms with E-state index < -0.39 is 12.1 Å². The molecule has 1 saturated heterocycles. The second kappa shape index (κ2) is 15.9. The minimum absolute atomic E-state index is 0.160. The Morgan fingerprint density at radius 3 is 2.42 bits per heavy atom. The summed E-state index contributed by atoms with van der Waals surface area (Å²) in [5.74, 6) is 1.56. The van der Waals surface area contributed by atoms with Crippen molar-refractivity contribution in [2.75, 3.05) is 63.7 Å². The molecule has 1 atom stereocenters. The molecule has 2 N–H and O–H groups in total. The van der Waals surface area contributed by atoms with Gasteiger partial charge in [0.05, 0.1) is 19.8 Å². The molecule has 1 aromatic heterocycles. The van der Waals surface area contributed by atoms with Crippen molar-refractivity contribution in [1.82, 2.24) is 19.8 Å². The van der Waals surface area contributed by atoms with E-state index in [-0.39, 0.29) is 11.8 Å². The fourth-order valence-electron chi connectivity index (χ4n) is 6.19. The van der Waals surface area contributed by atoms with Crippen LogP contribution in [-0.4, -0.2) is 84.5 Å². The number of hydrogen-bond donors (Lipinski definition) is 2. The van der Waals surface area contributed by atoms with Crippen LogP contribution < -0.4 is 19.7 Å². The summed E-state index contributed by atoms with van der Waals surface area (Å²) in [6, 6.07) is 15.3. The van der Waals surface area contributed by atoms with Crippen molar-refractivity contribution in [2.24, 2.45) is 0 Å². The van der Waals surface area contributed by atoms with Gasteiger partial charge in [0.15, 0.2) is 11.5 Å². The standard InChI is InChI=1S/C36H42Cl2N6O4/c1-23-19-24(2)33(25(3)20-23)34(28-21-26(37)7-9-29(28)38)44(36(45)46)32-11-12-39-35(41-32)40-27-8-10-30(31(22-27)47-5)48-18-6-13-43-16-14-42(4)15-17-43/h7-12,19-22,34H,6,13-18H2,1-5H3,(H,45,46)(H,39,40,41). The minimum atomic E-state index is -1.21. The highest BCUT2D eigenvalue weighted by atomic mass is 35.5. The number of benzene rings is 3. The molecule has 0 spiro atoms. The molecule has 254 valence electrons. The number of nitrogens with one attached hydrogen (secondary N) is 1. The third-order valence-electron chi connectivity index (χ3n) is 8.51. The van der Waals surface area contributed by atoms with Gasteiger partial charge in [-0.25, -0.2) is 14.7 Å². The number of likely N-dealkylation sites (N-methyl/N-ethyl adjacent to an activating group) is 1. The van der Waals surface area contributed by atoms with Crippen LogP contribution in [0.25, 0.3) is 0 Å². The van der Waals surface area contributed by atoms with Gasteiger partial charge in [-0.1, -0.05) is 40.9 Å². The van der Waals surface area contributed by atoms with E-state index >= 15 is 0 Å². The topological polar surface area (TPSA) is 103 Å². The summed E-state index contributed by atoms with van der Waals surface area (Å²) in [6.07, 6.45) is 1.22. The van der Waals surface area contributed by atoms with Crippen LogP contribution >= 0.6 is 23.2 Å². The number of carbonyl (C=O) groups is 1. The molecule has 1 aliphatic heterocycles. The highest BCUT2D eigenvalue weighted by Crippen LogP contribution is 2.40. The number of aryl methyl sites for hydroxylation is 3.